The van der Waals surface area contributed by atoms with Crippen molar-refractivity contribution in [3.63, 3.8) is 0 Å². The maximum Gasteiger partial charge on any atom is 0.0544 e. The van der Waals surface area contributed by atoms with Crippen molar-refractivity contribution in [3.8, 4) is 50.4 Å². The minimum atomic E-state index is -0.238. The van der Waals surface area contributed by atoms with E-state index in [1.165, 1.54) is 121 Å². The number of hydrogen-bond donors (Lipinski definition) is 0. The van der Waals surface area contributed by atoms with Crippen LogP contribution in [0.25, 0.3) is 116 Å². The third-order valence-corrected chi connectivity index (χ3v) is 14.6. The van der Waals surface area contributed by atoms with E-state index in [9.17, 15) is 0 Å². The highest BCUT2D eigenvalue weighted by Crippen LogP contribution is 2.53. The van der Waals surface area contributed by atoms with Crippen LogP contribution in [-0.4, -0.2) is 13.7 Å². The van der Waals surface area contributed by atoms with E-state index in [0.717, 1.165) is 5.69 Å². The molecular weight excluding hydrogens is 799 g/mol. The average Bonchev–Trinajstić information content (AvgIpc) is 4.06. The van der Waals surface area contributed by atoms with Gasteiger partial charge in [0, 0.05) is 54.8 Å². The minimum absolute atomic E-state index is 0.238. The largest absolute Gasteiger partial charge is 0.309 e. The Morgan fingerprint density at radius 1 is 0.258 bits per heavy atom. The first-order valence-electron chi connectivity index (χ1n) is 23.0. The number of rotatable bonds is 5. The fourth-order valence-electron chi connectivity index (χ4n) is 11.5. The molecule has 0 fully saturated rings. The quantitative estimate of drug-likeness (QED) is 0.164. The average molecular weight is 842 g/mol. The van der Waals surface area contributed by atoms with Gasteiger partial charge in [-0.25, -0.2) is 0 Å². The van der Waals surface area contributed by atoms with Crippen molar-refractivity contribution in [1.82, 2.24) is 13.7 Å². The molecule has 3 heterocycles. The summed E-state index contributed by atoms with van der Waals surface area (Å²) in [7, 11) is 0. The van der Waals surface area contributed by atoms with Crippen molar-refractivity contribution >= 4 is 65.4 Å². The second kappa shape index (κ2) is 13.8. The van der Waals surface area contributed by atoms with Crippen LogP contribution in [0.5, 0.6) is 0 Å². The lowest BCUT2D eigenvalue weighted by molar-refractivity contribution is 0.661. The summed E-state index contributed by atoms with van der Waals surface area (Å²) in [5.74, 6) is 0. The van der Waals surface area contributed by atoms with Gasteiger partial charge in [-0.2, -0.15) is 0 Å². The fraction of sp³-hybridized carbons (Fsp3) is 0.0476. The lowest BCUT2D eigenvalue weighted by Gasteiger charge is -2.22. The number of nitrogens with zero attached hydrogens (tertiary/aromatic N) is 3. The smallest absolute Gasteiger partial charge is 0.0544 e. The lowest BCUT2D eigenvalue weighted by Crippen LogP contribution is -2.15. The molecule has 0 saturated carbocycles. The Morgan fingerprint density at radius 3 is 1.20 bits per heavy atom. The molecule has 0 atom stereocenters. The molecule has 14 rings (SSSR count). The zero-order chi connectivity index (χ0) is 43.7. The summed E-state index contributed by atoms with van der Waals surface area (Å²) in [6.45, 7) is 4.83. The minimum Gasteiger partial charge on any atom is -0.309 e. The van der Waals surface area contributed by atoms with E-state index in [4.69, 9.17) is 0 Å². The topological polar surface area (TPSA) is 14.8 Å². The summed E-state index contributed by atoms with van der Waals surface area (Å²) in [6, 6.07) is 83.1. The van der Waals surface area contributed by atoms with E-state index in [1.54, 1.807) is 0 Å². The molecule has 0 saturated heterocycles. The highest BCUT2D eigenvalue weighted by molar-refractivity contribution is 6.16. The second-order valence-corrected chi connectivity index (χ2v) is 18.5. The van der Waals surface area contributed by atoms with Gasteiger partial charge in [-0.15, -0.1) is 0 Å². The summed E-state index contributed by atoms with van der Waals surface area (Å²) < 4.78 is 7.34. The first-order chi connectivity index (χ1) is 32.5. The third-order valence-electron chi connectivity index (χ3n) is 14.6. The zero-order valence-electron chi connectivity index (χ0n) is 36.7. The third kappa shape index (κ3) is 5.26. The van der Waals surface area contributed by atoms with E-state index in [0.29, 0.717) is 0 Å². The molecule has 66 heavy (non-hydrogen) atoms. The molecule has 0 aliphatic heterocycles. The van der Waals surface area contributed by atoms with Crippen LogP contribution in [-0.2, 0) is 5.41 Å². The molecule has 0 N–H and O–H groups in total. The van der Waals surface area contributed by atoms with Crippen LogP contribution in [0.3, 0.4) is 0 Å². The Hall–Kier alpha value is -8.40. The molecule has 0 bridgehead atoms. The molecule has 3 heteroatoms. The van der Waals surface area contributed by atoms with Gasteiger partial charge >= 0.3 is 0 Å². The maximum atomic E-state index is 2.51. The van der Waals surface area contributed by atoms with Crippen molar-refractivity contribution in [2.75, 3.05) is 0 Å². The van der Waals surface area contributed by atoms with Gasteiger partial charge in [0.25, 0.3) is 0 Å². The number of hydrogen-bond acceptors (Lipinski definition) is 0. The second-order valence-electron chi connectivity index (χ2n) is 18.5. The predicted octanol–water partition coefficient (Wildman–Crippen LogP) is 16.6. The SMILES string of the molecule is CC1(C)c2cc3c(cc2-c2cc4c5cc(-c6ccc7c(c6)c6ccccc6n7-c6ccccc6)ccc5n(-c5ccccc5)c4cc21)c1ccccc1n3-c1cccc(-c2ccccc2)c1. The highest BCUT2D eigenvalue weighted by Gasteiger charge is 2.37. The van der Waals surface area contributed by atoms with Gasteiger partial charge in [0.05, 0.1) is 33.1 Å². The first kappa shape index (κ1) is 37.0. The van der Waals surface area contributed by atoms with Crippen molar-refractivity contribution < 1.29 is 0 Å². The number of fused-ring (bicyclic) bond motifs is 12. The normalized spacial score (nSPS) is 13.1. The summed E-state index contributed by atoms with van der Waals surface area (Å²) in [6.07, 6.45) is 0. The van der Waals surface area contributed by atoms with E-state index < -0.39 is 0 Å². The Labute approximate surface area is 382 Å². The molecule has 0 unspecified atom stereocenters. The molecule has 0 radical (unpaired) electrons. The van der Waals surface area contributed by atoms with Crippen molar-refractivity contribution in [1.29, 1.82) is 0 Å². The van der Waals surface area contributed by atoms with Gasteiger partial charge in [0.1, 0.15) is 0 Å². The van der Waals surface area contributed by atoms with E-state index >= 15 is 0 Å². The van der Waals surface area contributed by atoms with Gasteiger partial charge in [0.2, 0.25) is 0 Å². The van der Waals surface area contributed by atoms with Gasteiger partial charge in [-0.3, -0.25) is 0 Å². The van der Waals surface area contributed by atoms with Crippen LogP contribution >= 0.6 is 0 Å². The molecule has 0 spiro atoms. The van der Waals surface area contributed by atoms with E-state index in [1.807, 2.05) is 0 Å². The zero-order valence-corrected chi connectivity index (χ0v) is 36.7. The van der Waals surface area contributed by atoms with Gasteiger partial charge in [0.15, 0.2) is 0 Å². The molecule has 3 aromatic heterocycles. The molecule has 3 nitrogen and oxygen atoms in total. The molecule has 10 aromatic carbocycles. The van der Waals surface area contributed by atoms with Crippen LogP contribution < -0.4 is 0 Å². The van der Waals surface area contributed by atoms with Crippen LogP contribution in [0.15, 0.2) is 224 Å². The Balaban J connectivity index is 0.982. The van der Waals surface area contributed by atoms with Gasteiger partial charge in [-0.05, 0) is 142 Å². The molecule has 13 aromatic rings. The van der Waals surface area contributed by atoms with Gasteiger partial charge < -0.3 is 13.7 Å². The molecular formula is C63H43N3. The van der Waals surface area contributed by atoms with Crippen molar-refractivity contribution in [3.05, 3.63) is 236 Å². The van der Waals surface area contributed by atoms with Crippen LogP contribution in [0.1, 0.15) is 25.0 Å². The summed E-state index contributed by atoms with van der Waals surface area (Å²) in [4.78, 5) is 0. The molecule has 1 aliphatic rings. The molecule has 0 amide bonds. The van der Waals surface area contributed by atoms with E-state index in [-0.39, 0.29) is 5.41 Å². The Morgan fingerprint density at radius 2 is 0.636 bits per heavy atom. The summed E-state index contributed by atoms with van der Waals surface area (Å²) >= 11 is 0. The van der Waals surface area contributed by atoms with Crippen LogP contribution in [0.2, 0.25) is 0 Å². The van der Waals surface area contributed by atoms with Gasteiger partial charge in [-0.1, -0.05) is 141 Å². The van der Waals surface area contributed by atoms with Crippen molar-refractivity contribution in [2.45, 2.75) is 19.3 Å². The molecule has 1 aliphatic carbocycles. The molecule has 310 valence electrons. The predicted molar refractivity (Wildman–Crippen MR) is 278 cm³/mol. The fourth-order valence-corrected chi connectivity index (χ4v) is 11.5. The highest BCUT2D eigenvalue weighted by atomic mass is 15.0. The van der Waals surface area contributed by atoms with E-state index in [2.05, 4.69) is 252 Å². The Kier molecular flexibility index (Phi) is 7.74. The monoisotopic (exact) mass is 841 g/mol. The lowest BCUT2D eigenvalue weighted by atomic mass is 9.82. The van der Waals surface area contributed by atoms with Crippen LogP contribution in [0, 0.1) is 0 Å². The number of benzene rings is 10. The summed E-state index contributed by atoms with van der Waals surface area (Å²) in [5, 5.41) is 7.57. The first-order valence-corrected chi connectivity index (χ1v) is 23.0. The maximum absolute atomic E-state index is 2.51. The van der Waals surface area contributed by atoms with Crippen molar-refractivity contribution in [2.24, 2.45) is 0 Å². The number of aromatic nitrogens is 3. The number of para-hydroxylation sites is 4. The summed E-state index contributed by atoms with van der Waals surface area (Å²) in [5.41, 5.74) is 20.8. The Bertz CT molecular complexity index is 4110. The standard InChI is InChI=1S/C63H43N3/c1-63(2)55-38-61-53(48-26-13-15-28-58(48)66(61)46-24-16-19-41(33-46)40-17-6-3-7-18-40)36-49(55)50-37-54-52-35-43(30-32-60(52)65(62(54)39-56(50)63)45-22-10-5-11-23-45)42-29-31-59-51(34-42)47-25-12-14-27-57(47)64(59)44-20-8-4-9-21-44/h3-39H,1-2H3. The van der Waals surface area contributed by atoms with Crippen LogP contribution in [0.4, 0.5) is 0 Å².